The van der Waals surface area contributed by atoms with E-state index in [-0.39, 0.29) is 5.69 Å². The Kier molecular flexibility index (Phi) is 6.12. The molecule has 2 fully saturated rings. The van der Waals surface area contributed by atoms with E-state index in [0.717, 1.165) is 64.5 Å². The van der Waals surface area contributed by atoms with Gasteiger partial charge in [-0.15, -0.1) is 0 Å². The van der Waals surface area contributed by atoms with Crippen molar-refractivity contribution in [2.24, 2.45) is 0 Å². The molecule has 3 heterocycles. The van der Waals surface area contributed by atoms with Gasteiger partial charge in [0.1, 0.15) is 5.82 Å². The molecule has 0 spiro atoms. The predicted octanol–water partition coefficient (Wildman–Crippen LogP) is 1.35. The molecule has 2 saturated heterocycles. The van der Waals surface area contributed by atoms with Crippen LogP contribution in [-0.2, 0) is 13.1 Å². The van der Waals surface area contributed by atoms with Gasteiger partial charge in [-0.05, 0) is 45.0 Å². The summed E-state index contributed by atoms with van der Waals surface area (Å²) < 4.78 is 3.58. The summed E-state index contributed by atoms with van der Waals surface area (Å²) >= 11 is 0. The van der Waals surface area contributed by atoms with E-state index in [2.05, 4.69) is 45.4 Å². The predicted molar refractivity (Wildman–Crippen MR) is 112 cm³/mol. The van der Waals surface area contributed by atoms with Crippen molar-refractivity contribution in [3.8, 4) is 0 Å². The van der Waals surface area contributed by atoms with Gasteiger partial charge in [0.05, 0.1) is 6.54 Å². The number of benzene rings is 1. The zero-order chi connectivity index (χ0) is 19.3. The number of piperidine rings is 1. The molecule has 0 radical (unpaired) electrons. The molecule has 28 heavy (non-hydrogen) atoms. The van der Waals surface area contributed by atoms with Crippen LogP contribution in [-0.4, -0.2) is 65.1 Å². The average molecular weight is 385 g/mol. The van der Waals surface area contributed by atoms with Crippen molar-refractivity contribution >= 4 is 5.69 Å². The van der Waals surface area contributed by atoms with E-state index in [1.165, 1.54) is 5.69 Å². The van der Waals surface area contributed by atoms with Gasteiger partial charge in [-0.3, -0.25) is 9.47 Å². The van der Waals surface area contributed by atoms with E-state index in [1.807, 2.05) is 11.5 Å². The smallest absolute Gasteiger partial charge is 0.345 e. The molecule has 0 bridgehead atoms. The summed E-state index contributed by atoms with van der Waals surface area (Å²) in [5.41, 5.74) is 1.35. The van der Waals surface area contributed by atoms with E-state index in [4.69, 9.17) is 5.10 Å². The summed E-state index contributed by atoms with van der Waals surface area (Å²) in [6.07, 6.45) is 2.13. The fraction of sp³-hybridized carbons (Fsp3) is 0.619. The van der Waals surface area contributed by atoms with E-state index in [9.17, 15) is 4.79 Å². The Labute approximate surface area is 166 Å². The summed E-state index contributed by atoms with van der Waals surface area (Å²) in [7, 11) is 0. The van der Waals surface area contributed by atoms with Crippen molar-refractivity contribution in [2.75, 3.05) is 50.7 Å². The molecule has 4 rings (SSSR count). The Morgan fingerprint density at radius 3 is 2.43 bits per heavy atom. The Bertz CT molecular complexity index is 800. The lowest BCUT2D eigenvalue weighted by Crippen LogP contribution is -2.47. The van der Waals surface area contributed by atoms with Gasteiger partial charge in [0.25, 0.3) is 0 Å². The molecule has 0 atom stereocenters. The van der Waals surface area contributed by atoms with Crippen LogP contribution in [0, 0.1) is 0 Å². The minimum atomic E-state index is 0.0546. The van der Waals surface area contributed by atoms with Crippen molar-refractivity contribution in [1.29, 1.82) is 0 Å². The molecular formula is C21H32N6O. The first-order chi connectivity index (χ1) is 13.8. The molecule has 0 aliphatic carbocycles. The van der Waals surface area contributed by atoms with Crippen LogP contribution >= 0.6 is 0 Å². The minimum Gasteiger partial charge on any atom is -0.369 e. The largest absolute Gasteiger partial charge is 0.369 e. The SMILES string of the molecule is CCn1c(C2CCNCC2)nn(CCN2CCN(c3ccccc3)CC2)c1=O. The second-order valence-corrected chi connectivity index (χ2v) is 7.80. The molecule has 0 saturated carbocycles. The zero-order valence-corrected chi connectivity index (χ0v) is 16.9. The second kappa shape index (κ2) is 8.92. The van der Waals surface area contributed by atoms with Crippen molar-refractivity contribution in [3.63, 3.8) is 0 Å². The first-order valence-corrected chi connectivity index (χ1v) is 10.7. The molecule has 0 unspecified atom stereocenters. The highest BCUT2D eigenvalue weighted by Crippen LogP contribution is 2.22. The Morgan fingerprint density at radius 2 is 1.75 bits per heavy atom. The molecule has 7 nitrogen and oxygen atoms in total. The Morgan fingerprint density at radius 1 is 1.04 bits per heavy atom. The third-order valence-electron chi connectivity index (χ3n) is 6.09. The standard InChI is InChI=1S/C21H32N6O/c1-2-26-20(18-8-10-22-11-9-18)23-27(21(26)28)17-14-24-12-15-25(16-13-24)19-6-4-3-5-7-19/h3-7,18,22H,2,8-17H2,1H3. The number of anilines is 1. The molecule has 1 N–H and O–H groups in total. The maximum Gasteiger partial charge on any atom is 0.345 e. The van der Waals surface area contributed by atoms with Crippen molar-refractivity contribution < 1.29 is 0 Å². The van der Waals surface area contributed by atoms with Crippen molar-refractivity contribution in [2.45, 2.75) is 38.8 Å². The van der Waals surface area contributed by atoms with Gasteiger partial charge in [-0.25, -0.2) is 9.48 Å². The third-order valence-corrected chi connectivity index (χ3v) is 6.09. The van der Waals surface area contributed by atoms with Crippen LogP contribution in [0.25, 0.3) is 0 Å². The summed E-state index contributed by atoms with van der Waals surface area (Å²) in [4.78, 5) is 17.7. The first kappa shape index (κ1) is 19.2. The van der Waals surface area contributed by atoms with Gasteiger partial charge < -0.3 is 10.2 Å². The maximum absolute atomic E-state index is 12.8. The van der Waals surface area contributed by atoms with Crippen LogP contribution in [0.4, 0.5) is 5.69 Å². The molecule has 2 aromatic rings. The number of hydrogen-bond donors (Lipinski definition) is 1. The quantitative estimate of drug-likeness (QED) is 0.815. The van der Waals surface area contributed by atoms with Crippen LogP contribution in [0.2, 0.25) is 0 Å². The van der Waals surface area contributed by atoms with Crippen molar-refractivity contribution in [3.05, 3.63) is 46.6 Å². The van der Waals surface area contributed by atoms with Crippen LogP contribution in [0.5, 0.6) is 0 Å². The van der Waals surface area contributed by atoms with Gasteiger partial charge in [0.2, 0.25) is 0 Å². The molecule has 2 aliphatic rings. The third kappa shape index (κ3) is 4.15. The zero-order valence-electron chi connectivity index (χ0n) is 16.9. The van der Waals surface area contributed by atoms with Crippen LogP contribution < -0.4 is 15.9 Å². The number of rotatable bonds is 6. The Hall–Kier alpha value is -2.12. The molecule has 1 aromatic carbocycles. The maximum atomic E-state index is 12.8. The number of hydrogen-bond acceptors (Lipinski definition) is 5. The highest BCUT2D eigenvalue weighted by molar-refractivity contribution is 5.46. The number of aromatic nitrogens is 3. The van der Waals surface area contributed by atoms with Gasteiger partial charge in [-0.2, -0.15) is 5.10 Å². The molecule has 152 valence electrons. The summed E-state index contributed by atoms with van der Waals surface area (Å²) in [5, 5.41) is 8.15. The number of nitrogens with one attached hydrogen (secondary N) is 1. The lowest BCUT2D eigenvalue weighted by molar-refractivity contribution is 0.243. The molecular weight excluding hydrogens is 352 g/mol. The van der Waals surface area contributed by atoms with Crippen LogP contribution in [0.1, 0.15) is 31.5 Å². The second-order valence-electron chi connectivity index (χ2n) is 7.80. The topological polar surface area (TPSA) is 58.3 Å². The minimum absolute atomic E-state index is 0.0546. The van der Waals surface area contributed by atoms with Gasteiger partial charge >= 0.3 is 5.69 Å². The molecule has 1 aromatic heterocycles. The van der Waals surface area contributed by atoms with Crippen LogP contribution in [0.15, 0.2) is 35.1 Å². The highest BCUT2D eigenvalue weighted by Gasteiger charge is 2.24. The van der Waals surface area contributed by atoms with Gasteiger partial charge in [-0.1, -0.05) is 18.2 Å². The van der Waals surface area contributed by atoms with E-state index in [1.54, 1.807) is 4.68 Å². The molecule has 0 amide bonds. The van der Waals surface area contributed by atoms with Crippen LogP contribution in [0.3, 0.4) is 0 Å². The fourth-order valence-corrected chi connectivity index (χ4v) is 4.39. The van der Waals surface area contributed by atoms with Gasteiger partial charge in [0, 0.05) is 50.9 Å². The monoisotopic (exact) mass is 384 g/mol. The molecule has 7 heteroatoms. The first-order valence-electron chi connectivity index (χ1n) is 10.7. The molecule has 2 aliphatic heterocycles. The number of piperazine rings is 1. The summed E-state index contributed by atoms with van der Waals surface area (Å²) in [5.74, 6) is 1.40. The normalized spacial score (nSPS) is 19.2. The summed E-state index contributed by atoms with van der Waals surface area (Å²) in [6.45, 7) is 10.4. The number of nitrogens with zero attached hydrogens (tertiary/aromatic N) is 5. The Balaban J connectivity index is 1.35. The summed E-state index contributed by atoms with van der Waals surface area (Å²) in [6, 6.07) is 10.6. The van der Waals surface area contributed by atoms with Crippen molar-refractivity contribution in [1.82, 2.24) is 24.6 Å². The fourth-order valence-electron chi connectivity index (χ4n) is 4.39. The highest BCUT2D eigenvalue weighted by atomic mass is 16.2. The lowest BCUT2D eigenvalue weighted by Gasteiger charge is -2.36. The van der Waals surface area contributed by atoms with E-state index in [0.29, 0.717) is 19.0 Å². The van der Waals surface area contributed by atoms with Gasteiger partial charge in [0.15, 0.2) is 0 Å². The van der Waals surface area contributed by atoms with E-state index < -0.39 is 0 Å². The average Bonchev–Trinajstić information content (AvgIpc) is 3.09. The number of para-hydroxylation sites is 1. The lowest BCUT2D eigenvalue weighted by atomic mass is 9.97. The van der Waals surface area contributed by atoms with E-state index >= 15 is 0 Å².